The fourth-order valence-electron chi connectivity index (χ4n) is 2.57. The zero-order chi connectivity index (χ0) is 14.8. The van der Waals surface area contributed by atoms with Crippen LogP contribution in [0.15, 0.2) is 53.0 Å². The van der Waals surface area contributed by atoms with Gasteiger partial charge in [-0.15, -0.1) is 11.3 Å². The van der Waals surface area contributed by atoms with Crippen LogP contribution < -0.4 is 5.32 Å². The van der Waals surface area contributed by atoms with Crippen LogP contribution in [0.5, 0.6) is 0 Å². The number of benzene rings is 2. The van der Waals surface area contributed by atoms with Gasteiger partial charge in [-0.25, -0.2) is 0 Å². The first kappa shape index (κ1) is 14.8. The van der Waals surface area contributed by atoms with Gasteiger partial charge in [0, 0.05) is 26.6 Å². The average molecular weight is 360 g/mol. The summed E-state index contributed by atoms with van der Waals surface area (Å²) in [6.07, 6.45) is 0. The van der Waals surface area contributed by atoms with Gasteiger partial charge < -0.3 is 5.32 Å². The molecule has 1 atom stereocenters. The Balaban J connectivity index is 1.76. The molecule has 1 heterocycles. The molecule has 0 fully saturated rings. The number of aryl methyl sites for hydroxylation is 1. The van der Waals surface area contributed by atoms with E-state index >= 15 is 0 Å². The molecular formula is C18H18BrNS. The van der Waals surface area contributed by atoms with Crippen molar-refractivity contribution in [3.05, 3.63) is 69.0 Å². The molecule has 0 spiro atoms. The van der Waals surface area contributed by atoms with Gasteiger partial charge in [0.1, 0.15) is 0 Å². The zero-order valence-corrected chi connectivity index (χ0v) is 14.6. The van der Waals surface area contributed by atoms with Crippen LogP contribution in [0.2, 0.25) is 0 Å². The summed E-state index contributed by atoms with van der Waals surface area (Å²) in [7, 11) is 0. The van der Waals surface area contributed by atoms with E-state index in [0.717, 1.165) is 11.0 Å². The van der Waals surface area contributed by atoms with E-state index in [0.29, 0.717) is 6.04 Å². The number of halogens is 1. The van der Waals surface area contributed by atoms with Crippen molar-refractivity contribution in [1.82, 2.24) is 5.32 Å². The standard InChI is InChI=1S/C18H18BrNS/c1-12-16-5-3-4-6-17(16)21-18(12)13(2)20-11-14-7-9-15(19)10-8-14/h3-10,13,20H,11H2,1-2H3. The maximum atomic E-state index is 3.63. The molecule has 0 amide bonds. The quantitative estimate of drug-likeness (QED) is 0.618. The second-order valence-electron chi connectivity index (χ2n) is 5.32. The molecule has 1 unspecified atom stereocenters. The molecule has 108 valence electrons. The van der Waals surface area contributed by atoms with Crippen LogP contribution in [0.25, 0.3) is 10.1 Å². The normalized spacial score (nSPS) is 12.7. The van der Waals surface area contributed by atoms with E-state index < -0.39 is 0 Å². The minimum absolute atomic E-state index is 0.367. The van der Waals surface area contributed by atoms with Crippen LogP contribution in [-0.4, -0.2) is 0 Å². The highest BCUT2D eigenvalue weighted by atomic mass is 79.9. The molecule has 0 aliphatic heterocycles. The number of rotatable bonds is 4. The average Bonchev–Trinajstić information content (AvgIpc) is 2.84. The predicted molar refractivity (Wildman–Crippen MR) is 96.0 cm³/mol. The maximum absolute atomic E-state index is 3.63. The number of thiophene rings is 1. The highest BCUT2D eigenvalue weighted by Gasteiger charge is 2.13. The SMILES string of the molecule is Cc1c(C(C)NCc2ccc(Br)cc2)sc2ccccc12. The van der Waals surface area contributed by atoms with Crippen LogP contribution in [0.3, 0.4) is 0 Å². The lowest BCUT2D eigenvalue weighted by atomic mass is 10.1. The lowest BCUT2D eigenvalue weighted by molar-refractivity contribution is 0.581. The monoisotopic (exact) mass is 359 g/mol. The maximum Gasteiger partial charge on any atom is 0.0391 e. The van der Waals surface area contributed by atoms with Crippen molar-refractivity contribution in [2.45, 2.75) is 26.4 Å². The van der Waals surface area contributed by atoms with Crippen LogP contribution in [-0.2, 0) is 6.54 Å². The Morgan fingerprint density at radius 3 is 2.52 bits per heavy atom. The third-order valence-corrected chi connectivity index (χ3v) is 5.78. The summed E-state index contributed by atoms with van der Waals surface area (Å²) in [6.45, 7) is 5.37. The Bertz CT molecular complexity index is 746. The summed E-state index contributed by atoms with van der Waals surface area (Å²) in [5.41, 5.74) is 2.72. The fraction of sp³-hybridized carbons (Fsp3) is 0.222. The summed E-state index contributed by atoms with van der Waals surface area (Å²) in [5.74, 6) is 0. The van der Waals surface area contributed by atoms with Crippen LogP contribution in [0.1, 0.15) is 29.0 Å². The Kier molecular flexibility index (Phi) is 4.43. The van der Waals surface area contributed by atoms with Crippen molar-refractivity contribution >= 4 is 37.4 Å². The van der Waals surface area contributed by atoms with Crippen molar-refractivity contribution in [2.75, 3.05) is 0 Å². The topological polar surface area (TPSA) is 12.0 Å². The van der Waals surface area contributed by atoms with Gasteiger partial charge in [0.25, 0.3) is 0 Å². The lowest BCUT2D eigenvalue weighted by Crippen LogP contribution is -2.17. The van der Waals surface area contributed by atoms with E-state index in [1.165, 1.54) is 26.1 Å². The second kappa shape index (κ2) is 6.30. The largest absolute Gasteiger partial charge is 0.305 e. The smallest absolute Gasteiger partial charge is 0.0391 e. The van der Waals surface area contributed by atoms with Crippen molar-refractivity contribution < 1.29 is 0 Å². The van der Waals surface area contributed by atoms with Crippen LogP contribution >= 0.6 is 27.3 Å². The van der Waals surface area contributed by atoms with E-state index in [4.69, 9.17) is 0 Å². The molecule has 3 heteroatoms. The molecule has 0 aliphatic rings. The minimum atomic E-state index is 0.367. The molecule has 0 radical (unpaired) electrons. The van der Waals surface area contributed by atoms with E-state index in [-0.39, 0.29) is 0 Å². The van der Waals surface area contributed by atoms with Crippen molar-refractivity contribution in [3.8, 4) is 0 Å². The number of hydrogen-bond donors (Lipinski definition) is 1. The molecular weight excluding hydrogens is 342 g/mol. The first-order valence-corrected chi connectivity index (χ1v) is 8.72. The van der Waals surface area contributed by atoms with Gasteiger partial charge in [0.2, 0.25) is 0 Å². The molecule has 3 aromatic rings. The van der Waals surface area contributed by atoms with Gasteiger partial charge >= 0.3 is 0 Å². The Morgan fingerprint density at radius 2 is 1.81 bits per heavy atom. The molecule has 1 aromatic heterocycles. The van der Waals surface area contributed by atoms with E-state index in [1.54, 1.807) is 0 Å². The third-order valence-electron chi connectivity index (χ3n) is 3.80. The Hall–Kier alpha value is -1.16. The first-order valence-electron chi connectivity index (χ1n) is 7.11. The van der Waals surface area contributed by atoms with E-state index in [1.807, 2.05) is 11.3 Å². The van der Waals surface area contributed by atoms with Crippen molar-refractivity contribution in [3.63, 3.8) is 0 Å². The molecule has 1 nitrogen and oxygen atoms in total. The molecule has 21 heavy (non-hydrogen) atoms. The Labute approximate surface area is 138 Å². The zero-order valence-electron chi connectivity index (χ0n) is 12.2. The number of hydrogen-bond acceptors (Lipinski definition) is 2. The van der Waals surface area contributed by atoms with E-state index in [2.05, 4.69) is 83.6 Å². The molecule has 0 saturated heterocycles. The van der Waals surface area contributed by atoms with E-state index in [9.17, 15) is 0 Å². The third kappa shape index (κ3) is 3.20. The first-order chi connectivity index (χ1) is 10.1. The highest BCUT2D eigenvalue weighted by molar-refractivity contribution is 9.10. The molecule has 1 N–H and O–H groups in total. The van der Waals surface area contributed by atoms with Gasteiger partial charge in [-0.2, -0.15) is 0 Å². The van der Waals surface area contributed by atoms with Crippen LogP contribution in [0, 0.1) is 6.92 Å². The summed E-state index contributed by atoms with van der Waals surface area (Å²) in [6, 6.07) is 17.5. The van der Waals surface area contributed by atoms with Crippen LogP contribution in [0.4, 0.5) is 0 Å². The van der Waals surface area contributed by atoms with Gasteiger partial charge in [-0.05, 0) is 48.6 Å². The number of fused-ring (bicyclic) bond motifs is 1. The van der Waals surface area contributed by atoms with Crippen molar-refractivity contribution in [2.24, 2.45) is 0 Å². The fourth-order valence-corrected chi connectivity index (χ4v) is 4.07. The summed E-state index contributed by atoms with van der Waals surface area (Å²) < 4.78 is 2.50. The summed E-state index contributed by atoms with van der Waals surface area (Å²) in [4.78, 5) is 1.44. The predicted octanol–water partition coefficient (Wildman–Crippen LogP) is 5.82. The molecule has 0 bridgehead atoms. The molecule has 2 aromatic carbocycles. The van der Waals surface area contributed by atoms with Gasteiger partial charge in [-0.3, -0.25) is 0 Å². The highest BCUT2D eigenvalue weighted by Crippen LogP contribution is 2.34. The Morgan fingerprint density at radius 1 is 1.10 bits per heavy atom. The summed E-state index contributed by atoms with van der Waals surface area (Å²) >= 11 is 5.37. The lowest BCUT2D eigenvalue weighted by Gasteiger charge is -2.13. The second-order valence-corrected chi connectivity index (χ2v) is 7.32. The number of nitrogens with one attached hydrogen (secondary N) is 1. The van der Waals surface area contributed by atoms with Gasteiger partial charge in [-0.1, -0.05) is 46.3 Å². The molecule has 0 saturated carbocycles. The molecule has 3 rings (SSSR count). The summed E-state index contributed by atoms with van der Waals surface area (Å²) in [5, 5.41) is 5.02. The van der Waals surface area contributed by atoms with Gasteiger partial charge in [0.15, 0.2) is 0 Å². The minimum Gasteiger partial charge on any atom is -0.305 e. The molecule has 0 aliphatic carbocycles. The van der Waals surface area contributed by atoms with Gasteiger partial charge in [0.05, 0.1) is 0 Å². The van der Waals surface area contributed by atoms with Crippen molar-refractivity contribution in [1.29, 1.82) is 0 Å².